The Balaban J connectivity index is 2.07. The molecule has 0 bridgehead atoms. The first-order chi connectivity index (χ1) is 8.79. The Morgan fingerprint density at radius 2 is 1.94 bits per heavy atom. The smallest absolute Gasteiger partial charge is 0.222 e. The molecule has 1 aromatic carbocycles. The third kappa shape index (κ3) is 3.18. The van der Waals surface area contributed by atoms with Crippen molar-refractivity contribution in [2.75, 3.05) is 18.4 Å². The molecule has 18 heavy (non-hydrogen) atoms. The van der Waals surface area contributed by atoms with Crippen LogP contribution in [0, 0.1) is 0 Å². The quantitative estimate of drug-likeness (QED) is 0.696. The second-order valence-corrected chi connectivity index (χ2v) is 3.91. The molecule has 2 aromatic rings. The predicted molar refractivity (Wildman–Crippen MR) is 71.3 cm³/mol. The fraction of sp³-hybridized carbons (Fsp3) is 0.231. The van der Waals surface area contributed by atoms with E-state index in [0.717, 1.165) is 24.1 Å². The van der Waals surface area contributed by atoms with Crippen LogP contribution >= 0.6 is 0 Å². The SMILES string of the molecule is NCCCNc1ncc(-c2cccc(O)c2)cn1. The Bertz CT molecular complexity index is 499. The Hall–Kier alpha value is -2.14. The van der Waals surface area contributed by atoms with E-state index in [1.807, 2.05) is 6.07 Å². The molecule has 0 aliphatic heterocycles. The van der Waals surface area contributed by atoms with Crippen LogP contribution in [-0.4, -0.2) is 28.2 Å². The normalized spacial score (nSPS) is 10.3. The Kier molecular flexibility index (Phi) is 4.09. The Labute approximate surface area is 106 Å². The minimum atomic E-state index is 0.234. The highest BCUT2D eigenvalue weighted by Crippen LogP contribution is 2.21. The first kappa shape index (κ1) is 12.3. The number of rotatable bonds is 5. The Morgan fingerprint density at radius 1 is 1.17 bits per heavy atom. The first-order valence-electron chi connectivity index (χ1n) is 5.85. The fourth-order valence-corrected chi connectivity index (χ4v) is 1.56. The largest absolute Gasteiger partial charge is 0.508 e. The summed E-state index contributed by atoms with van der Waals surface area (Å²) in [5.41, 5.74) is 7.17. The van der Waals surface area contributed by atoms with Crippen LogP contribution < -0.4 is 11.1 Å². The van der Waals surface area contributed by atoms with Crippen LogP contribution in [0.25, 0.3) is 11.1 Å². The van der Waals surface area contributed by atoms with E-state index in [-0.39, 0.29) is 5.75 Å². The van der Waals surface area contributed by atoms with Crippen molar-refractivity contribution in [1.29, 1.82) is 0 Å². The predicted octanol–water partition coefficient (Wildman–Crippen LogP) is 1.61. The molecular formula is C13H16N4O. The highest BCUT2D eigenvalue weighted by Gasteiger charge is 2.01. The average Bonchev–Trinajstić information content (AvgIpc) is 2.40. The highest BCUT2D eigenvalue weighted by atomic mass is 16.3. The number of aromatic hydroxyl groups is 1. The summed E-state index contributed by atoms with van der Waals surface area (Å²) < 4.78 is 0. The lowest BCUT2D eigenvalue weighted by atomic mass is 10.1. The lowest BCUT2D eigenvalue weighted by Gasteiger charge is -2.05. The van der Waals surface area contributed by atoms with E-state index in [2.05, 4.69) is 15.3 Å². The van der Waals surface area contributed by atoms with Crippen molar-refractivity contribution in [3.8, 4) is 16.9 Å². The average molecular weight is 244 g/mol. The number of aromatic nitrogens is 2. The van der Waals surface area contributed by atoms with Gasteiger partial charge in [-0.3, -0.25) is 0 Å². The second kappa shape index (κ2) is 5.97. The zero-order valence-electron chi connectivity index (χ0n) is 10.0. The van der Waals surface area contributed by atoms with Gasteiger partial charge in [-0.05, 0) is 30.7 Å². The lowest BCUT2D eigenvalue weighted by Crippen LogP contribution is -2.10. The van der Waals surface area contributed by atoms with Crippen LogP contribution in [0.1, 0.15) is 6.42 Å². The van der Waals surface area contributed by atoms with Gasteiger partial charge in [0.1, 0.15) is 5.75 Å². The van der Waals surface area contributed by atoms with Crippen LogP contribution in [0.4, 0.5) is 5.95 Å². The maximum Gasteiger partial charge on any atom is 0.222 e. The zero-order valence-corrected chi connectivity index (χ0v) is 10.0. The van der Waals surface area contributed by atoms with Crippen molar-refractivity contribution in [2.24, 2.45) is 5.73 Å². The van der Waals surface area contributed by atoms with E-state index in [0.29, 0.717) is 12.5 Å². The molecule has 2 rings (SSSR count). The molecule has 0 aliphatic carbocycles. The highest BCUT2D eigenvalue weighted by molar-refractivity contribution is 5.63. The maximum atomic E-state index is 9.41. The molecule has 0 atom stereocenters. The first-order valence-corrected chi connectivity index (χ1v) is 5.85. The van der Waals surface area contributed by atoms with Gasteiger partial charge in [-0.1, -0.05) is 12.1 Å². The number of nitrogens with zero attached hydrogens (tertiary/aromatic N) is 2. The summed E-state index contributed by atoms with van der Waals surface area (Å²) in [7, 11) is 0. The summed E-state index contributed by atoms with van der Waals surface area (Å²) in [4.78, 5) is 8.42. The van der Waals surface area contributed by atoms with Gasteiger partial charge in [-0.2, -0.15) is 0 Å². The fourth-order valence-electron chi connectivity index (χ4n) is 1.56. The lowest BCUT2D eigenvalue weighted by molar-refractivity contribution is 0.475. The van der Waals surface area contributed by atoms with E-state index < -0.39 is 0 Å². The van der Waals surface area contributed by atoms with Gasteiger partial charge in [0.05, 0.1) is 0 Å². The summed E-state index contributed by atoms with van der Waals surface area (Å²) in [6.45, 7) is 1.41. The number of anilines is 1. The molecule has 0 saturated heterocycles. The third-order valence-electron chi connectivity index (χ3n) is 2.50. The minimum Gasteiger partial charge on any atom is -0.508 e. The molecule has 0 fully saturated rings. The molecule has 0 saturated carbocycles. The second-order valence-electron chi connectivity index (χ2n) is 3.91. The molecule has 0 spiro atoms. The number of hydrogen-bond donors (Lipinski definition) is 3. The number of phenols is 1. The van der Waals surface area contributed by atoms with Crippen molar-refractivity contribution in [3.63, 3.8) is 0 Å². The van der Waals surface area contributed by atoms with Crippen molar-refractivity contribution < 1.29 is 5.11 Å². The molecule has 0 aliphatic rings. The van der Waals surface area contributed by atoms with Crippen LogP contribution in [-0.2, 0) is 0 Å². The molecular weight excluding hydrogens is 228 g/mol. The van der Waals surface area contributed by atoms with Crippen LogP contribution in [0.3, 0.4) is 0 Å². The minimum absolute atomic E-state index is 0.234. The van der Waals surface area contributed by atoms with Gasteiger partial charge in [0.25, 0.3) is 0 Å². The number of phenolic OH excluding ortho intramolecular Hbond substituents is 1. The van der Waals surface area contributed by atoms with Crippen LogP contribution in [0.15, 0.2) is 36.7 Å². The summed E-state index contributed by atoms with van der Waals surface area (Å²) in [6.07, 6.45) is 4.34. The van der Waals surface area contributed by atoms with E-state index in [1.165, 1.54) is 0 Å². The van der Waals surface area contributed by atoms with Gasteiger partial charge in [-0.15, -0.1) is 0 Å². The molecule has 1 heterocycles. The molecule has 0 amide bonds. The van der Waals surface area contributed by atoms with E-state index in [1.54, 1.807) is 30.6 Å². The van der Waals surface area contributed by atoms with E-state index in [4.69, 9.17) is 5.73 Å². The summed E-state index contributed by atoms with van der Waals surface area (Å²) in [5, 5.41) is 12.5. The van der Waals surface area contributed by atoms with E-state index >= 15 is 0 Å². The van der Waals surface area contributed by atoms with Crippen molar-refractivity contribution in [2.45, 2.75) is 6.42 Å². The van der Waals surface area contributed by atoms with Gasteiger partial charge in [0, 0.05) is 24.5 Å². The molecule has 0 unspecified atom stereocenters. The zero-order chi connectivity index (χ0) is 12.8. The number of hydrogen-bond acceptors (Lipinski definition) is 5. The molecule has 5 nitrogen and oxygen atoms in total. The number of nitrogens with two attached hydrogens (primary N) is 1. The van der Waals surface area contributed by atoms with Gasteiger partial charge >= 0.3 is 0 Å². The summed E-state index contributed by atoms with van der Waals surface area (Å²) >= 11 is 0. The monoisotopic (exact) mass is 244 g/mol. The molecule has 0 radical (unpaired) electrons. The standard InChI is InChI=1S/C13H16N4O/c14-5-2-6-15-13-16-8-11(9-17-13)10-3-1-4-12(18)7-10/h1,3-4,7-9,18H,2,5-6,14H2,(H,15,16,17). The number of nitrogens with one attached hydrogen (secondary N) is 1. The summed E-state index contributed by atoms with van der Waals surface area (Å²) in [6, 6.07) is 7.01. The maximum absolute atomic E-state index is 9.41. The van der Waals surface area contributed by atoms with Crippen LogP contribution in [0.2, 0.25) is 0 Å². The third-order valence-corrected chi connectivity index (χ3v) is 2.50. The Morgan fingerprint density at radius 3 is 2.61 bits per heavy atom. The van der Waals surface area contributed by atoms with Gasteiger partial charge < -0.3 is 16.2 Å². The van der Waals surface area contributed by atoms with Crippen molar-refractivity contribution in [3.05, 3.63) is 36.7 Å². The number of benzene rings is 1. The van der Waals surface area contributed by atoms with Crippen LogP contribution in [0.5, 0.6) is 5.75 Å². The van der Waals surface area contributed by atoms with Crippen molar-refractivity contribution >= 4 is 5.95 Å². The molecule has 94 valence electrons. The summed E-state index contributed by atoms with van der Waals surface area (Å²) in [5.74, 6) is 0.824. The van der Waals surface area contributed by atoms with Gasteiger partial charge in [0.15, 0.2) is 0 Å². The topological polar surface area (TPSA) is 84.1 Å². The molecule has 5 heteroatoms. The van der Waals surface area contributed by atoms with Crippen molar-refractivity contribution in [1.82, 2.24) is 9.97 Å². The molecule has 1 aromatic heterocycles. The molecule has 4 N–H and O–H groups in total. The van der Waals surface area contributed by atoms with Gasteiger partial charge in [-0.25, -0.2) is 9.97 Å². The van der Waals surface area contributed by atoms with E-state index in [9.17, 15) is 5.11 Å². The van der Waals surface area contributed by atoms with Gasteiger partial charge in [0.2, 0.25) is 5.95 Å².